The normalized spacial score (nSPS) is 16.2. The number of hydrogen-bond acceptors (Lipinski definition) is 2. The van der Waals surface area contributed by atoms with Crippen molar-refractivity contribution < 1.29 is 9.53 Å². The molecule has 11 heavy (non-hydrogen) atoms. The van der Waals surface area contributed by atoms with Crippen LogP contribution in [0.3, 0.4) is 0 Å². The lowest BCUT2D eigenvalue weighted by Crippen LogP contribution is -2.32. The van der Waals surface area contributed by atoms with Gasteiger partial charge in [0.2, 0.25) is 0 Å². The van der Waals surface area contributed by atoms with Gasteiger partial charge in [-0.3, -0.25) is 0 Å². The van der Waals surface area contributed by atoms with Crippen LogP contribution in [0.1, 0.15) is 19.8 Å². The smallest absolute Gasteiger partial charge is 0.409 e. The molecule has 0 heterocycles. The average molecular weight is 157 g/mol. The highest BCUT2D eigenvalue weighted by Gasteiger charge is 2.25. The molecule has 1 aliphatic carbocycles. The zero-order chi connectivity index (χ0) is 8.27. The first-order valence-corrected chi connectivity index (χ1v) is 4.10. The van der Waals surface area contributed by atoms with Gasteiger partial charge in [0.1, 0.15) is 0 Å². The Bertz CT molecular complexity index is 143. The molecule has 1 amide bonds. The van der Waals surface area contributed by atoms with E-state index in [1.54, 1.807) is 4.90 Å². The van der Waals surface area contributed by atoms with Crippen LogP contribution in [-0.2, 0) is 4.74 Å². The van der Waals surface area contributed by atoms with Crippen LogP contribution in [-0.4, -0.2) is 31.2 Å². The van der Waals surface area contributed by atoms with E-state index in [1.807, 2.05) is 6.92 Å². The molecule has 0 aromatic heterocycles. The summed E-state index contributed by atoms with van der Waals surface area (Å²) in [6.45, 7) is 3.60. The third kappa shape index (κ3) is 2.41. The lowest BCUT2D eigenvalue weighted by atomic mass is 10.4. The molecule has 1 rings (SSSR count). The second kappa shape index (κ2) is 3.60. The molecule has 0 N–H and O–H groups in total. The maximum Gasteiger partial charge on any atom is 0.409 e. The first-order valence-electron chi connectivity index (χ1n) is 4.10. The molecule has 1 saturated carbocycles. The number of amides is 1. The van der Waals surface area contributed by atoms with Crippen LogP contribution < -0.4 is 0 Å². The Labute approximate surface area is 67.3 Å². The van der Waals surface area contributed by atoms with Gasteiger partial charge in [0.05, 0.1) is 7.11 Å². The molecule has 3 heteroatoms. The van der Waals surface area contributed by atoms with Crippen LogP contribution in [0.25, 0.3) is 0 Å². The highest BCUT2D eigenvalue weighted by Crippen LogP contribution is 2.29. The molecular formula is C8H15NO2. The number of carbonyl (C=O) groups is 1. The van der Waals surface area contributed by atoms with E-state index in [9.17, 15) is 4.79 Å². The van der Waals surface area contributed by atoms with E-state index in [1.165, 1.54) is 20.0 Å². The number of rotatable bonds is 3. The average Bonchev–Trinajstić information content (AvgIpc) is 2.82. The molecule has 0 bridgehead atoms. The molecular weight excluding hydrogens is 142 g/mol. The van der Waals surface area contributed by atoms with Crippen molar-refractivity contribution in [1.29, 1.82) is 0 Å². The van der Waals surface area contributed by atoms with Gasteiger partial charge in [-0.15, -0.1) is 0 Å². The Balaban J connectivity index is 2.27. The molecule has 0 aromatic carbocycles. The number of methoxy groups -OCH3 is 1. The maximum atomic E-state index is 11.0. The van der Waals surface area contributed by atoms with Gasteiger partial charge in [0, 0.05) is 13.1 Å². The predicted molar refractivity (Wildman–Crippen MR) is 42.4 cm³/mol. The summed E-state index contributed by atoms with van der Waals surface area (Å²) in [5, 5.41) is 0. The fraction of sp³-hybridized carbons (Fsp3) is 0.875. The van der Waals surface area contributed by atoms with Gasteiger partial charge in [-0.25, -0.2) is 4.79 Å². The molecule has 0 aromatic rings. The van der Waals surface area contributed by atoms with Crippen molar-refractivity contribution in [3.63, 3.8) is 0 Å². The van der Waals surface area contributed by atoms with Gasteiger partial charge in [0.15, 0.2) is 0 Å². The largest absolute Gasteiger partial charge is 0.453 e. The zero-order valence-electron chi connectivity index (χ0n) is 7.17. The first-order chi connectivity index (χ1) is 5.27. The molecule has 0 aliphatic heterocycles. The van der Waals surface area contributed by atoms with Crippen LogP contribution in [0.2, 0.25) is 0 Å². The lowest BCUT2D eigenvalue weighted by molar-refractivity contribution is 0.124. The summed E-state index contributed by atoms with van der Waals surface area (Å²) in [5.41, 5.74) is 0. The molecule has 3 nitrogen and oxygen atoms in total. The lowest BCUT2D eigenvalue weighted by Gasteiger charge is -2.18. The van der Waals surface area contributed by atoms with Crippen LogP contribution in [0.15, 0.2) is 0 Å². The third-order valence-electron chi connectivity index (χ3n) is 1.99. The Morgan fingerprint density at radius 2 is 2.27 bits per heavy atom. The van der Waals surface area contributed by atoms with Crippen LogP contribution >= 0.6 is 0 Å². The Morgan fingerprint density at radius 1 is 1.64 bits per heavy atom. The summed E-state index contributed by atoms with van der Waals surface area (Å²) < 4.78 is 4.62. The zero-order valence-corrected chi connectivity index (χ0v) is 7.17. The van der Waals surface area contributed by atoms with Crippen molar-refractivity contribution in [2.45, 2.75) is 19.8 Å². The van der Waals surface area contributed by atoms with E-state index in [4.69, 9.17) is 0 Å². The van der Waals surface area contributed by atoms with E-state index in [2.05, 4.69) is 4.74 Å². The molecule has 0 unspecified atom stereocenters. The van der Waals surface area contributed by atoms with Gasteiger partial charge in [-0.05, 0) is 25.7 Å². The third-order valence-corrected chi connectivity index (χ3v) is 1.99. The van der Waals surface area contributed by atoms with Crippen molar-refractivity contribution in [2.75, 3.05) is 20.2 Å². The highest BCUT2D eigenvalue weighted by atomic mass is 16.5. The minimum Gasteiger partial charge on any atom is -0.453 e. The molecule has 1 aliphatic rings. The summed E-state index contributed by atoms with van der Waals surface area (Å²) in [6, 6.07) is 0. The van der Waals surface area contributed by atoms with Gasteiger partial charge >= 0.3 is 6.09 Å². The summed E-state index contributed by atoms with van der Waals surface area (Å²) in [6.07, 6.45) is 2.35. The van der Waals surface area contributed by atoms with E-state index in [0.29, 0.717) is 0 Å². The van der Waals surface area contributed by atoms with Crippen molar-refractivity contribution in [3.8, 4) is 0 Å². The van der Waals surface area contributed by atoms with Gasteiger partial charge in [-0.2, -0.15) is 0 Å². The molecule has 1 fully saturated rings. The topological polar surface area (TPSA) is 29.5 Å². The molecule has 0 radical (unpaired) electrons. The Kier molecular flexibility index (Phi) is 2.74. The van der Waals surface area contributed by atoms with Gasteiger partial charge in [0.25, 0.3) is 0 Å². The van der Waals surface area contributed by atoms with Crippen LogP contribution in [0.4, 0.5) is 4.79 Å². The van der Waals surface area contributed by atoms with Crippen molar-refractivity contribution >= 4 is 6.09 Å². The number of hydrogen-bond donors (Lipinski definition) is 0. The molecule has 0 saturated heterocycles. The monoisotopic (exact) mass is 157 g/mol. The number of ether oxygens (including phenoxy) is 1. The standard InChI is InChI=1S/C8H15NO2/c1-3-9(8(10)11-2)6-7-4-5-7/h7H,3-6H2,1-2H3. The van der Waals surface area contributed by atoms with Crippen LogP contribution in [0.5, 0.6) is 0 Å². The van der Waals surface area contributed by atoms with E-state index in [-0.39, 0.29) is 6.09 Å². The Hall–Kier alpha value is -0.730. The minimum atomic E-state index is -0.195. The summed E-state index contributed by atoms with van der Waals surface area (Å²) in [4.78, 5) is 12.8. The van der Waals surface area contributed by atoms with Gasteiger partial charge in [-0.1, -0.05) is 0 Å². The second-order valence-electron chi connectivity index (χ2n) is 2.95. The minimum absolute atomic E-state index is 0.195. The SMILES string of the molecule is CCN(CC1CC1)C(=O)OC. The number of nitrogens with zero attached hydrogens (tertiary/aromatic N) is 1. The summed E-state index contributed by atoms with van der Waals surface area (Å²) in [5.74, 6) is 0.744. The van der Waals surface area contributed by atoms with Crippen molar-refractivity contribution in [1.82, 2.24) is 4.90 Å². The van der Waals surface area contributed by atoms with Crippen molar-refractivity contribution in [2.24, 2.45) is 5.92 Å². The van der Waals surface area contributed by atoms with E-state index >= 15 is 0 Å². The van der Waals surface area contributed by atoms with E-state index < -0.39 is 0 Å². The quantitative estimate of drug-likeness (QED) is 0.621. The maximum absolute atomic E-state index is 11.0. The van der Waals surface area contributed by atoms with Crippen LogP contribution in [0, 0.1) is 5.92 Å². The molecule has 0 atom stereocenters. The predicted octanol–water partition coefficient (Wildman–Crippen LogP) is 1.48. The fourth-order valence-corrected chi connectivity index (χ4v) is 1.07. The summed E-state index contributed by atoms with van der Waals surface area (Å²) in [7, 11) is 1.43. The number of carbonyl (C=O) groups excluding carboxylic acids is 1. The Morgan fingerprint density at radius 3 is 2.64 bits per heavy atom. The van der Waals surface area contributed by atoms with Crippen molar-refractivity contribution in [3.05, 3.63) is 0 Å². The van der Waals surface area contributed by atoms with E-state index in [0.717, 1.165) is 19.0 Å². The fourth-order valence-electron chi connectivity index (χ4n) is 1.07. The first kappa shape index (κ1) is 8.37. The molecule has 0 spiro atoms. The summed E-state index contributed by atoms with van der Waals surface area (Å²) >= 11 is 0. The molecule has 64 valence electrons. The van der Waals surface area contributed by atoms with Gasteiger partial charge < -0.3 is 9.64 Å². The second-order valence-corrected chi connectivity index (χ2v) is 2.95. The highest BCUT2D eigenvalue weighted by molar-refractivity contribution is 5.67.